The molecule has 1 aliphatic rings. The number of carbonyl (C=O) groups is 1. The molecule has 0 saturated heterocycles. The molecule has 0 unspecified atom stereocenters. The second kappa shape index (κ2) is 7.29. The first kappa shape index (κ1) is 17.3. The maximum atomic E-state index is 12.4. The zero-order valence-electron chi connectivity index (χ0n) is 11.4. The van der Waals surface area contributed by atoms with Gasteiger partial charge in [-0.2, -0.15) is 0 Å². The molecule has 112 valence electrons. The molecule has 6 heteroatoms. The van der Waals surface area contributed by atoms with Crippen molar-refractivity contribution in [2.75, 3.05) is 19.0 Å². The number of rotatable bonds is 4. The number of methoxy groups -OCH3 is 1. The molecule has 0 atom stereocenters. The van der Waals surface area contributed by atoms with Gasteiger partial charge in [0.2, 0.25) is 5.91 Å². The van der Waals surface area contributed by atoms with Crippen molar-refractivity contribution in [1.29, 1.82) is 0 Å². The summed E-state index contributed by atoms with van der Waals surface area (Å²) in [6.07, 6.45) is 3.91. The van der Waals surface area contributed by atoms with Gasteiger partial charge in [0.05, 0.1) is 17.0 Å². The summed E-state index contributed by atoms with van der Waals surface area (Å²) in [6.45, 7) is 0.409. The van der Waals surface area contributed by atoms with Gasteiger partial charge in [0.25, 0.3) is 0 Å². The Balaban J connectivity index is 0.00000200. The molecule has 3 N–H and O–H groups in total. The molecule has 1 aromatic carbocycles. The van der Waals surface area contributed by atoms with Crippen molar-refractivity contribution in [3.63, 3.8) is 0 Å². The van der Waals surface area contributed by atoms with E-state index in [0.29, 0.717) is 12.3 Å². The minimum Gasteiger partial charge on any atom is -0.495 e. The van der Waals surface area contributed by atoms with E-state index in [1.54, 1.807) is 13.2 Å². The SMILES string of the molecule is COc1cc(NC(=O)C2(CN)CCCC2)ccc1Br.Cl. The first-order valence-corrected chi connectivity index (χ1v) is 7.26. The summed E-state index contributed by atoms with van der Waals surface area (Å²) in [4.78, 5) is 12.4. The van der Waals surface area contributed by atoms with Crippen LogP contribution in [0.15, 0.2) is 22.7 Å². The van der Waals surface area contributed by atoms with Gasteiger partial charge in [-0.15, -0.1) is 12.4 Å². The largest absolute Gasteiger partial charge is 0.495 e. The Morgan fingerprint density at radius 1 is 1.45 bits per heavy atom. The fraction of sp³-hybridized carbons (Fsp3) is 0.500. The van der Waals surface area contributed by atoms with Crippen molar-refractivity contribution in [2.45, 2.75) is 25.7 Å². The summed E-state index contributed by atoms with van der Waals surface area (Å²) in [5.41, 5.74) is 6.16. The smallest absolute Gasteiger partial charge is 0.231 e. The average Bonchev–Trinajstić information content (AvgIpc) is 2.91. The topological polar surface area (TPSA) is 64.3 Å². The lowest BCUT2D eigenvalue weighted by molar-refractivity contribution is -0.124. The zero-order chi connectivity index (χ0) is 13.9. The number of halogens is 2. The van der Waals surface area contributed by atoms with Crippen LogP contribution in [-0.2, 0) is 4.79 Å². The predicted octanol–water partition coefficient (Wildman–Crippen LogP) is 3.34. The standard InChI is InChI=1S/C14H19BrN2O2.ClH/c1-19-12-8-10(4-5-11(12)15)17-13(18)14(9-16)6-2-3-7-14;/h4-5,8H,2-3,6-7,9,16H2,1H3,(H,17,18);1H. The Morgan fingerprint density at radius 2 is 2.10 bits per heavy atom. The Morgan fingerprint density at radius 3 is 2.65 bits per heavy atom. The summed E-state index contributed by atoms with van der Waals surface area (Å²) in [7, 11) is 1.60. The molecule has 0 spiro atoms. The molecule has 0 aliphatic heterocycles. The second-order valence-corrected chi connectivity index (χ2v) is 5.85. The molecule has 1 aromatic rings. The molecule has 2 rings (SSSR count). The number of nitrogens with two attached hydrogens (primary N) is 1. The highest BCUT2D eigenvalue weighted by molar-refractivity contribution is 9.10. The van der Waals surface area contributed by atoms with Crippen molar-refractivity contribution >= 4 is 39.9 Å². The maximum Gasteiger partial charge on any atom is 0.231 e. The number of carbonyl (C=O) groups excluding carboxylic acids is 1. The molecule has 1 amide bonds. The van der Waals surface area contributed by atoms with Gasteiger partial charge in [-0.25, -0.2) is 0 Å². The van der Waals surface area contributed by atoms with Crippen LogP contribution in [0, 0.1) is 5.41 Å². The number of ether oxygens (including phenoxy) is 1. The maximum absolute atomic E-state index is 12.4. The lowest BCUT2D eigenvalue weighted by atomic mass is 9.85. The third-order valence-electron chi connectivity index (χ3n) is 3.84. The normalized spacial score (nSPS) is 16.4. The van der Waals surface area contributed by atoms with Crippen LogP contribution in [0.3, 0.4) is 0 Å². The van der Waals surface area contributed by atoms with Gasteiger partial charge < -0.3 is 15.8 Å². The van der Waals surface area contributed by atoms with Crippen LogP contribution < -0.4 is 15.8 Å². The van der Waals surface area contributed by atoms with Gasteiger partial charge >= 0.3 is 0 Å². The minimum atomic E-state index is -0.389. The zero-order valence-corrected chi connectivity index (χ0v) is 13.9. The first-order valence-electron chi connectivity index (χ1n) is 6.46. The highest BCUT2D eigenvalue weighted by Gasteiger charge is 2.39. The monoisotopic (exact) mass is 362 g/mol. The van der Waals surface area contributed by atoms with Crippen LogP contribution in [0.25, 0.3) is 0 Å². The molecule has 0 heterocycles. The Hall–Kier alpha value is -0.780. The predicted molar refractivity (Wildman–Crippen MR) is 86.5 cm³/mol. The van der Waals surface area contributed by atoms with E-state index in [2.05, 4.69) is 21.2 Å². The third-order valence-corrected chi connectivity index (χ3v) is 4.50. The average molecular weight is 364 g/mol. The quantitative estimate of drug-likeness (QED) is 0.862. The Bertz CT molecular complexity index is 476. The van der Waals surface area contributed by atoms with Gasteiger partial charge in [-0.1, -0.05) is 12.8 Å². The van der Waals surface area contributed by atoms with Crippen molar-refractivity contribution in [3.05, 3.63) is 22.7 Å². The van der Waals surface area contributed by atoms with E-state index in [4.69, 9.17) is 10.5 Å². The molecule has 1 aliphatic carbocycles. The summed E-state index contributed by atoms with van der Waals surface area (Å²) in [5, 5.41) is 2.96. The lowest BCUT2D eigenvalue weighted by Crippen LogP contribution is -2.40. The fourth-order valence-corrected chi connectivity index (χ4v) is 2.99. The van der Waals surface area contributed by atoms with E-state index in [1.807, 2.05) is 12.1 Å². The Kier molecular flexibility index (Phi) is 6.30. The van der Waals surface area contributed by atoms with E-state index >= 15 is 0 Å². The van der Waals surface area contributed by atoms with Crippen LogP contribution >= 0.6 is 28.3 Å². The molecule has 1 saturated carbocycles. The second-order valence-electron chi connectivity index (χ2n) is 5.00. The molecule has 20 heavy (non-hydrogen) atoms. The summed E-state index contributed by atoms with van der Waals surface area (Å²) in [6, 6.07) is 5.52. The first-order chi connectivity index (χ1) is 9.11. The number of hydrogen-bond acceptors (Lipinski definition) is 3. The number of nitrogens with one attached hydrogen (secondary N) is 1. The van der Waals surface area contributed by atoms with Gasteiger partial charge in [-0.3, -0.25) is 4.79 Å². The van der Waals surface area contributed by atoms with Crippen LogP contribution in [0.5, 0.6) is 5.75 Å². The van der Waals surface area contributed by atoms with Crippen molar-refractivity contribution < 1.29 is 9.53 Å². The molecule has 4 nitrogen and oxygen atoms in total. The van der Waals surface area contributed by atoms with E-state index < -0.39 is 0 Å². The Labute approximate surface area is 134 Å². The fourth-order valence-electron chi connectivity index (χ4n) is 2.58. The number of benzene rings is 1. The molecular formula is C14H20BrClN2O2. The summed E-state index contributed by atoms with van der Waals surface area (Å²) >= 11 is 3.39. The van der Waals surface area contributed by atoms with Crippen LogP contribution in [-0.4, -0.2) is 19.6 Å². The molecule has 0 bridgehead atoms. The lowest BCUT2D eigenvalue weighted by Gasteiger charge is -2.25. The summed E-state index contributed by atoms with van der Waals surface area (Å²) in [5.74, 6) is 0.725. The van der Waals surface area contributed by atoms with E-state index in [-0.39, 0.29) is 23.7 Å². The molecule has 0 aromatic heterocycles. The van der Waals surface area contributed by atoms with E-state index in [1.165, 1.54) is 0 Å². The van der Waals surface area contributed by atoms with Crippen molar-refractivity contribution in [2.24, 2.45) is 11.1 Å². The van der Waals surface area contributed by atoms with Crippen LogP contribution in [0.4, 0.5) is 5.69 Å². The van der Waals surface area contributed by atoms with E-state index in [0.717, 1.165) is 35.8 Å². The molecular weight excluding hydrogens is 344 g/mol. The number of anilines is 1. The summed E-state index contributed by atoms with van der Waals surface area (Å²) < 4.78 is 6.08. The van der Waals surface area contributed by atoms with E-state index in [9.17, 15) is 4.79 Å². The van der Waals surface area contributed by atoms with Crippen molar-refractivity contribution in [3.8, 4) is 5.75 Å². The third kappa shape index (κ3) is 3.45. The number of hydrogen-bond donors (Lipinski definition) is 2. The minimum absolute atomic E-state index is 0. The van der Waals surface area contributed by atoms with Gasteiger partial charge in [0.1, 0.15) is 5.75 Å². The van der Waals surface area contributed by atoms with Gasteiger partial charge in [0, 0.05) is 18.3 Å². The highest BCUT2D eigenvalue weighted by atomic mass is 79.9. The van der Waals surface area contributed by atoms with Gasteiger partial charge in [0.15, 0.2) is 0 Å². The van der Waals surface area contributed by atoms with Crippen LogP contribution in [0.2, 0.25) is 0 Å². The molecule has 0 radical (unpaired) electrons. The van der Waals surface area contributed by atoms with Gasteiger partial charge in [-0.05, 0) is 40.9 Å². The van der Waals surface area contributed by atoms with Crippen molar-refractivity contribution in [1.82, 2.24) is 0 Å². The number of amides is 1. The van der Waals surface area contributed by atoms with Crippen LogP contribution in [0.1, 0.15) is 25.7 Å². The highest BCUT2D eigenvalue weighted by Crippen LogP contribution is 2.38. The molecule has 1 fully saturated rings.